The molecule has 0 aliphatic heterocycles. The molecule has 2 atom stereocenters. The Bertz CT molecular complexity index is 344. The Hall–Kier alpha value is -0.530. The highest BCUT2D eigenvalue weighted by molar-refractivity contribution is 6.30. The lowest BCUT2D eigenvalue weighted by atomic mass is 9.74. The summed E-state index contributed by atoms with van der Waals surface area (Å²) in [6.45, 7) is 8.49. The lowest BCUT2D eigenvalue weighted by Crippen LogP contribution is -2.30. The number of benzene rings is 1. The molecule has 0 heterocycles. The Morgan fingerprint density at radius 1 is 1.24 bits per heavy atom. The fourth-order valence-corrected chi connectivity index (χ4v) is 2.14. The van der Waals surface area contributed by atoms with Crippen LogP contribution >= 0.6 is 11.6 Å². The number of hydrogen-bond donors (Lipinski definition) is 1. The average Bonchev–Trinajstić information content (AvgIpc) is 2.29. The highest BCUT2D eigenvalue weighted by atomic mass is 35.5. The van der Waals surface area contributed by atoms with E-state index in [1.165, 1.54) is 5.56 Å². The Morgan fingerprint density at radius 3 is 2.18 bits per heavy atom. The topological polar surface area (TPSA) is 20.2 Å². The second-order valence-corrected chi connectivity index (χ2v) is 5.87. The second-order valence-electron chi connectivity index (χ2n) is 5.44. The third-order valence-electron chi connectivity index (χ3n) is 3.75. The molecule has 17 heavy (non-hydrogen) atoms. The molecule has 0 aliphatic rings. The fourth-order valence-electron chi connectivity index (χ4n) is 2.02. The molecular weight excluding hydrogens is 232 g/mol. The van der Waals surface area contributed by atoms with Gasteiger partial charge in [0.05, 0.1) is 6.10 Å². The van der Waals surface area contributed by atoms with Crippen molar-refractivity contribution in [1.29, 1.82) is 0 Å². The molecule has 1 aromatic rings. The van der Waals surface area contributed by atoms with Crippen LogP contribution in [0, 0.1) is 5.92 Å². The van der Waals surface area contributed by atoms with Gasteiger partial charge in [-0.25, -0.2) is 0 Å². The molecule has 1 N–H and O–H groups in total. The van der Waals surface area contributed by atoms with Gasteiger partial charge in [0.2, 0.25) is 0 Å². The predicted octanol–water partition coefficient (Wildman–Crippen LogP) is 4.41. The van der Waals surface area contributed by atoms with Crippen molar-refractivity contribution >= 4 is 11.6 Å². The van der Waals surface area contributed by atoms with Crippen molar-refractivity contribution in [2.75, 3.05) is 0 Å². The number of hydrogen-bond acceptors (Lipinski definition) is 1. The molecule has 96 valence electrons. The molecule has 0 fully saturated rings. The summed E-state index contributed by atoms with van der Waals surface area (Å²) in [6.07, 6.45) is 1.55. The number of aliphatic hydroxyl groups is 1. The zero-order chi connectivity index (χ0) is 13.1. The predicted molar refractivity (Wildman–Crippen MR) is 74.6 cm³/mol. The number of halogens is 1. The van der Waals surface area contributed by atoms with Gasteiger partial charge in [-0.05, 0) is 41.9 Å². The standard InChI is InChI=1S/C15H23ClO/c1-5-15(4,10-14(17)11(2)3)12-6-8-13(16)9-7-12/h6-9,11,14,17H,5,10H2,1-4H3. The minimum Gasteiger partial charge on any atom is -0.393 e. The van der Waals surface area contributed by atoms with Crippen LogP contribution in [0.15, 0.2) is 24.3 Å². The van der Waals surface area contributed by atoms with Crippen molar-refractivity contribution in [2.45, 2.75) is 52.1 Å². The number of rotatable bonds is 5. The van der Waals surface area contributed by atoms with E-state index in [0.29, 0.717) is 5.92 Å². The molecule has 2 unspecified atom stereocenters. The Morgan fingerprint density at radius 2 is 1.76 bits per heavy atom. The molecule has 0 spiro atoms. The fraction of sp³-hybridized carbons (Fsp3) is 0.600. The molecule has 0 radical (unpaired) electrons. The minimum absolute atomic E-state index is 0.0221. The molecule has 0 bridgehead atoms. The van der Waals surface area contributed by atoms with Crippen molar-refractivity contribution in [2.24, 2.45) is 5.92 Å². The Balaban J connectivity index is 2.91. The lowest BCUT2D eigenvalue weighted by molar-refractivity contribution is 0.0896. The van der Waals surface area contributed by atoms with Gasteiger partial charge in [0.25, 0.3) is 0 Å². The number of aliphatic hydroxyl groups excluding tert-OH is 1. The summed E-state index contributed by atoms with van der Waals surface area (Å²) in [7, 11) is 0. The molecular formula is C15H23ClO. The van der Waals surface area contributed by atoms with Gasteiger partial charge in [-0.15, -0.1) is 0 Å². The quantitative estimate of drug-likeness (QED) is 0.825. The smallest absolute Gasteiger partial charge is 0.0571 e. The third kappa shape index (κ3) is 3.72. The van der Waals surface area contributed by atoms with Crippen molar-refractivity contribution in [3.8, 4) is 0 Å². The van der Waals surface area contributed by atoms with Gasteiger partial charge in [0, 0.05) is 5.02 Å². The lowest BCUT2D eigenvalue weighted by Gasteiger charge is -2.32. The molecule has 0 aliphatic carbocycles. The van der Waals surface area contributed by atoms with E-state index in [0.717, 1.165) is 17.9 Å². The first kappa shape index (κ1) is 14.5. The summed E-state index contributed by atoms with van der Waals surface area (Å²) >= 11 is 5.91. The maximum atomic E-state index is 10.1. The summed E-state index contributed by atoms with van der Waals surface area (Å²) in [6, 6.07) is 7.98. The summed E-state index contributed by atoms with van der Waals surface area (Å²) < 4.78 is 0. The molecule has 2 heteroatoms. The van der Waals surface area contributed by atoms with E-state index in [4.69, 9.17) is 11.6 Å². The molecule has 0 saturated carbocycles. The summed E-state index contributed by atoms with van der Waals surface area (Å²) in [5.41, 5.74) is 1.28. The SMILES string of the molecule is CCC(C)(CC(O)C(C)C)c1ccc(Cl)cc1. The molecule has 1 rings (SSSR count). The van der Waals surface area contributed by atoms with Crippen molar-refractivity contribution < 1.29 is 5.11 Å². The van der Waals surface area contributed by atoms with Crippen molar-refractivity contribution in [3.63, 3.8) is 0 Å². The zero-order valence-electron chi connectivity index (χ0n) is 11.2. The van der Waals surface area contributed by atoms with Crippen LogP contribution in [0.4, 0.5) is 0 Å². The van der Waals surface area contributed by atoms with Crippen LogP contribution in [0.3, 0.4) is 0 Å². The second kappa shape index (κ2) is 5.88. The minimum atomic E-state index is -0.254. The average molecular weight is 255 g/mol. The van der Waals surface area contributed by atoms with E-state index in [1.54, 1.807) is 0 Å². The van der Waals surface area contributed by atoms with Crippen LogP contribution in [0.2, 0.25) is 5.02 Å². The Labute approximate surface area is 110 Å². The van der Waals surface area contributed by atoms with E-state index in [9.17, 15) is 5.11 Å². The third-order valence-corrected chi connectivity index (χ3v) is 4.00. The molecule has 1 aromatic carbocycles. The van der Waals surface area contributed by atoms with E-state index in [2.05, 4.69) is 39.8 Å². The van der Waals surface area contributed by atoms with Gasteiger partial charge in [-0.3, -0.25) is 0 Å². The van der Waals surface area contributed by atoms with Crippen LogP contribution in [0.5, 0.6) is 0 Å². The highest BCUT2D eigenvalue weighted by Crippen LogP contribution is 2.34. The summed E-state index contributed by atoms with van der Waals surface area (Å²) in [5, 5.41) is 10.8. The first-order valence-electron chi connectivity index (χ1n) is 6.33. The molecule has 0 saturated heterocycles. The van der Waals surface area contributed by atoms with Crippen LogP contribution in [-0.4, -0.2) is 11.2 Å². The van der Waals surface area contributed by atoms with Crippen LogP contribution in [0.25, 0.3) is 0 Å². The van der Waals surface area contributed by atoms with E-state index >= 15 is 0 Å². The zero-order valence-corrected chi connectivity index (χ0v) is 12.0. The van der Waals surface area contributed by atoms with E-state index in [-0.39, 0.29) is 11.5 Å². The van der Waals surface area contributed by atoms with E-state index < -0.39 is 0 Å². The molecule has 0 amide bonds. The van der Waals surface area contributed by atoms with Gasteiger partial charge in [0.15, 0.2) is 0 Å². The van der Waals surface area contributed by atoms with Gasteiger partial charge < -0.3 is 5.11 Å². The van der Waals surface area contributed by atoms with Crippen molar-refractivity contribution in [1.82, 2.24) is 0 Å². The monoisotopic (exact) mass is 254 g/mol. The van der Waals surface area contributed by atoms with Gasteiger partial charge in [-0.1, -0.05) is 51.4 Å². The summed E-state index contributed by atoms with van der Waals surface area (Å²) in [5.74, 6) is 0.299. The summed E-state index contributed by atoms with van der Waals surface area (Å²) in [4.78, 5) is 0. The van der Waals surface area contributed by atoms with Crippen LogP contribution < -0.4 is 0 Å². The molecule has 1 nitrogen and oxygen atoms in total. The largest absolute Gasteiger partial charge is 0.393 e. The van der Waals surface area contributed by atoms with Gasteiger partial charge in [-0.2, -0.15) is 0 Å². The Kier molecular flexibility index (Phi) is 5.03. The first-order chi connectivity index (χ1) is 7.89. The normalized spacial score (nSPS) is 16.9. The van der Waals surface area contributed by atoms with Crippen molar-refractivity contribution in [3.05, 3.63) is 34.9 Å². The highest BCUT2D eigenvalue weighted by Gasteiger charge is 2.28. The van der Waals surface area contributed by atoms with Gasteiger partial charge >= 0.3 is 0 Å². The first-order valence-corrected chi connectivity index (χ1v) is 6.71. The van der Waals surface area contributed by atoms with Crippen LogP contribution in [0.1, 0.15) is 46.1 Å². The molecule has 0 aromatic heterocycles. The maximum Gasteiger partial charge on any atom is 0.0571 e. The maximum absolute atomic E-state index is 10.1. The van der Waals surface area contributed by atoms with E-state index in [1.807, 2.05) is 12.1 Å². The van der Waals surface area contributed by atoms with Crippen LogP contribution in [-0.2, 0) is 5.41 Å². The van der Waals surface area contributed by atoms with Gasteiger partial charge in [0.1, 0.15) is 0 Å².